The summed E-state index contributed by atoms with van der Waals surface area (Å²) in [6.45, 7) is 3.60. The zero-order chi connectivity index (χ0) is 5.82. The first-order valence-corrected chi connectivity index (χ1v) is 4.03. The fourth-order valence-electron chi connectivity index (χ4n) is 0.833. The van der Waals surface area contributed by atoms with Crippen molar-refractivity contribution >= 4 is 11.8 Å². The van der Waals surface area contributed by atoms with Crippen LogP contribution in [0, 0.1) is 0 Å². The summed E-state index contributed by atoms with van der Waals surface area (Å²) in [5.74, 6) is 2.57. The zero-order valence-corrected chi connectivity index (χ0v) is 5.71. The number of thioether (sulfide) groups is 1. The van der Waals surface area contributed by atoms with Crippen LogP contribution in [0.1, 0.15) is 6.42 Å². The Morgan fingerprint density at radius 1 is 1.75 bits per heavy atom. The Morgan fingerprint density at radius 3 is 3.12 bits per heavy atom. The van der Waals surface area contributed by atoms with E-state index in [4.69, 9.17) is 0 Å². The maximum Gasteiger partial charge on any atom is 0.0353 e. The third-order valence-corrected chi connectivity index (χ3v) is 2.45. The molecule has 1 unspecified atom stereocenters. The lowest BCUT2D eigenvalue weighted by Gasteiger charge is -2.05. The van der Waals surface area contributed by atoms with Crippen LogP contribution >= 0.6 is 11.8 Å². The van der Waals surface area contributed by atoms with Crippen molar-refractivity contribution in [1.82, 2.24) is 5.32 Å². The van der Waals surface area contributed by atoms with E-state index < -0.39 is 0 Å². The fourth-order valence-corrected chi connectivity index (χ4v) is 2.00. The first kappa shape index (κ1) is 6.02. The maximum atomic E-state index is 3.60. The molecule has 0 aliphatic carbocycles. The largest absolute Gasteiger partial charge is 0.388 e. The van der Waals surface area contributed by atoms with Gasteiger partial charge in [-0.1, -0.05) is 6.58 Å². The van der Waals surface area contributed by atoms with Crippen molar-refractivity contribution < 1.29 is 0 Å². The molecule has 0 aromatic rings. The summed E-state index contributed by atoms with van der Waals surface area (Å²) in [7, 11) is 0. The van der Waals surface area contributed by atoms with Crippen LogP contribution < -0.4 is 5.32 Å². The minimum absolute atomic E-state index is 0.706. The summed E-state index contributed by atoms with van der Waals surface area (Å²) in [5, 5.41) is 3.19. The van der Waals surface area contributed by atoms with Gasteiger partial charge in [0, 0.05) is 11.8 Å². The quantitative estimate of drug-likeness (QED) is 0.601. The van der Waals surface area contributed by atoms with Gasteiger partial charge in [-0.2, -0.15) is 11.8 Å². The minimum Gasteiger partial charge on any atom is -0.388 e. The first-order chi connectivity index (χ1) is 3.93. The predicted octanol–water partition coefficient (Wildman–Crippen LogP) is 1.22. The third-order valence-electron chi connectivity index (χ3n) is 1.28. The van der Waals surface area contributed by atoms with Gasteiger partial charge in [-0.25, -0.2) is 0 Å². The van der Waals surface area contributed by atoms with Crippen LogP contribution in [0.3, 0.4) is 0 Å². The van der Waals surface area contributed by atoms with Crippen LogP contribution in [0.2, 0.25) is 0 Å². The minimum atomic E-state index is 0.706. The molecule has 1 saturated heterocycles. The van der Waals surface area contributed by atoms with Gasteiger partial charge in [-0.3, -0.25) is 0 Å². The van der Waals surface area contributed by atoms with Gasteiger partial charge >= 0.3 is 0 Å². The molecule has 0 bridgehead atoms. The van der Waals surface area contributed by atoms with Crippen molar-refractivity contribution in [3.05, 3.63) is 12.8 Å². The predicted molar refractivity (Wildman–Crippen MR) is 39.1 cm³/mol. The summed E-state index contributed by atoms with van der Waals surface area (Å²) in [6.07, 6.45) is 3.09. The Kier molecular flexibility index (Phi) is 2.27. The highest BCUT2D eigenvalue weighted by molar-refractivity contribution is 7.99. The van der Waals surface area contributed by atoms with Gasteiger partial charge in [-0.15, -0.1) is 0 Å². The number of rotatable bonds is 2. The van der Waals surface area contributed by atoms with E-state index in [2.05, 4.69) is 11.9 Å². The summed E-state index contributed by atoms with van der Waals surface area (Å²) in [4.78, 5) is 0. The molecule has 1 nitrogen and oxygen atoms in total. The molecule has 0 amide bonds. The van der Waals surface area contributed by atoms with E-state index in [9.17, 15) is 0 Å². The number of nitrogens with one attached hydrogen (secondary N) is 1. The molecule has 1 rings (SSSR count). The third kappa shape index (κ3) is 1.44. The highest BCUT2D eigenvalue weighted by Gasteiger charge is 2.11. The van der Waals surface area contributed by atoms with Crippen LogP contribution in [-0.2, 0) is 0 Å². The molecule has 46 valence electrons. The normalized spacial score (nSPS) is 27.8. The lowest BCUT2D eigenvalue weighted by molar-refractivity contribution is 0.654. The lowest BCUT2D eigenvalue weighted by Crippen LogP contribution is -2.22. The van der Waals surface area contributed by atoms with Crippen molar-refractivity contribution in [1.29, 1.82) is 0 Å². The molecule has 1 aliphatic rings. The second-order valence-corrected chi connectivity index (χ2v) is 3.08. The van der Waals surface area contributed by atoms with Crippen LogP contribution in [0.25, 0.3) is 0 Å². The monoisotopic (exact) mass is 129 g/mol. The molecule has 1 N–H and O–H groups in total. The lowest BCUT2D eigenvalue weighted by atomic mass is 10.3. The van der Waals surface area contributed by atoms with Crippen molar-refractivity contribution in [3.63, 3.8) is 0 Å². The topological polar surface area (TPSA) is 12.0 Å². The van der Waals surface area contributed by atoms with Gasteiger partial charge in [-0.05, 0) is 18.4 Å². The van der Waals surface area contributed by atoms with Crippen molar-refractivity contribution in [2.45, 2.75) is 12.5 Å². The molecule has 0 aromatic heterocycles. The Hall–Kier alpha value is -0.110. The first-order valence-electron chi connectivity index (χ1n) is 2.88. The maximum absolute atomic E-state index is 3.60. The van der Waals surface area contributed by atoms with Crippen molar-refractivity contribution in [3.8, 4) is 0 Å². The molecule has 2 heteroatoms. The molecule has 1 fully saturated rings. The van der Waals surface area contributed by atoms with Gasteiger partial charge in [0.25, 0.3) is 0 Å². The summed E-state index contributed by atoms with van der Waals surface area (Å²) in [6, 6.07) is 0.706. The van der Waals surface area contributed by atoms with E-state index >= 15 is 0 Å². The average molecular weight is 129 g/mol. The van der Waals surface area contributed by atoms with Crippen LogP contribution in [0.5, 0.6) is 0 Å². The Bertz CT molecular complexity index is 76.6. The van der Waals surface area contributed by atoms with Gasteiger partial charge < -0.3 is 5.32 Å². The Balaban J connectivity index is 2.14. The molecule has 0 aromatic carbocycles. The van der Waals surface area contributed by atoms with Gasteiger partial charge in [0.15, 0.2) is 0 Å². The van der Waals surface area contributed by atoms with E-state index in [0.29, 0.717) is 6.04 Å². The van der Waals surface area contributed by atoms with E-state index in [1.165, 1.54) is 17.9 Å². The van der Waals surface area contributed by atoms with E-state index in [1.807, 2.05) is 11.8 Å². The van der Waals surface area contributed by atoms with Gasteiger partial charge in [0.1, 0.15) is 0 Å². The smallest absolute Gasteiger partial charge is 0.0353 e. The second-order valence-electron chi connectivity index (χ2n) is 1.93. The molecule has 0 spiro atoms. The SMILES string of the molecule is C=CNC1CCSC1. The van der Waals surface area contributed by atoms with Gasteiger partial charge in [0.2, 0.25) is 0 Å². The number of hydrogen-bond acceptors (Lipinski definition) is 2. The molecule has 0 saturated carbocycles. The van der Waals surface area contributed by atoms with E-state index in [-0.39, 0.29) is 0 Å². The molecular formula is C6H11NS. The standard InChI is InChI=1S/C6H11NS/c1-2-7-6-3-4-8-5-6/h2,6-7H,1,3-5H2. The van der Waals surface area contributed by atoms with Crippen molar-refractivity contribution in [2.24, 2.45) is 0 Å². The molecule has 8 heavy (non-hydrogen) atoms. The molecule has 1 aliphatic heterocycles. The van der Waals surface area contributed by atoms with Crippen LogP contribution in [0.15, 0.2) is 12.8 Å². The van der Waals surface area contributed by atoms with Crippen LogP contribution in [0.4, 0.5) is 0 Å². The van der Waals surface area contributed by atoms with Gasteiger partial charge in [0.05, 0.1) is 0 Å². The second kappa shape index (κ2) is 3.02. The summed E-state index contributed by atoms with van der Waals surface area (Å²) < 4.78 is 0. The number of hydrogen-bond donors (Lipinski definition) is 1. The summed E-state index contributed by atoms with van der Waals surface area (Å²) >= 11 is 2.01. The summed E-state index contributed by atoms with van der Waals surface area (Å²) in [5.41, 5.74) is 0. The van der Waals surface area contributed by atoms with Crippen molar-refractivity contribution in [2.75, 3.05) is 11.5 Å². The highest BCUT2D eigenvalue weighted by atomic mass is 32.2. The fraction of sp³-hybridized carbons (Fsp3) is 0.667. The average Bonchev–Trinajstić information content (AvgIpc) is 2.19. The van der Waals surface area contributed by atoms with Crippen LogP contribution in [-0.4, -0.2) is 17.5 Å². The molecule has 1 heterocycles. The molecular weight excluding hydrogens is 118 g/mol. The van der Waals surface area contributed by atoms with E-state index in [1.54, 1.807) is 6.20 Å². The Morgan fingerprint density at radius 2 is 2.62 bits per heavy atom. The molecule has 0 radical (unpaired) electrons. The molecule has 1 atom stereocenters. The Labute approximate surface area is 54.5 Å². The van der Waals surface area contributed by atoms with E-state index in [0.717, 1.165) is 0 Å². The zero-order valence-electron chi connectivity index (χ0n) is 4.89. The highest BCUT2D eigenvalue weighted by Crippen LogP contribution is 2.16.